The lowest BCUT2D eigenvalue weighted by atomic mass is 10.1. The molecule has 0 unspecified atom stereocenters. The molecule has 2 aromatic carbocycles. The topological polar surface area (TPSA) is 26.3 Å². The van der Waals surface area contributed by atoms with E-state index in [0.29, 0.717) is 6.61 Å². The quantitative estimate of drug-likeness (QED) is 0.799. The van der Waals surface area contributed by atoms with Crippen LogP contribution in [0.4, 0.5) is 4.39 Å². The molecule has 0 amide bonds. The first-order valence-corrected chi connectivity index (χ1v) is 7.01. The fourth-order valence-corrected chi connectivity index (χ4v) is 2.24. The smallest absolute Gasteiger partial charge is 0.162 e. The molecular weight excluding hydrogens is 323 g/mol. The largest absolute Gasteiger partial charge is 0.369 e. The molecular formula is C16H14BrFO2. The maximum atomic E-state index is 12.7. The Balaban J connectivity index is 1.76. The van der Waals surface area contributed by atoms with Gasteiger partial charge in [0, 0.05) is 10.9 Å². The molecule has 0 aliphatic rings. The third-order valence-electron chi connectivity index (χ3n) is 2.74. The molecule has 0 spiro atoms. The highest BCUT2D eigenvalue weighted by atomic mass is 79.9. The molecule has 0 N–H and O–H groups in total. The zero-order valence-electron chi connectivity index (χ0n) is 10.8. The molecule has 0 saturated heterocycles. The Hall–Kier alpha value is -1.52. The van der Waals surface area contributed by atoms with Crippen LogP contribution in [-0.4, -0.2) is 12.4 Å². The Labute approximate surface area is 125 Å². The number of carbonyl (C=O) groups is 1. The summed E-state index contributed by atoms with van der Waals surface area (Å²) in [4.78, 5) is 11.7. The summed E-state index contributed by atoms with van der Waals surface area (Å²) >= 11 is 3.38. The third-order valence-corrected chi connectivity index (χ3v) is 3.23. The van der Waals surface area contributed by atoms with Crippen molar-refractivity contribution in [1.29, 1.82) is 0 Å². The summed E-state index contributed by atoms with van der Waals surface area (Å²) in [5.41, 5.74) is 1.80. The SMILES string of the molecule is O=C(COCc1cccc(Br)c1)Cc1ccc(F)cc1. The molecule has 0 aliphatic carbocycles. The summed E-state index contributed by atoms with van der Waals surface area (Å²) < 4.78 is 19.1. The van der Waals surface area contributed by atoms with Gasteiger partial charge in [-0.1, -0.05) is 40.2 Å². The third kappa shape index (κ3) is 4.87. The number of halogens is 2. The Morgan fingerprint density at radius 3 is 2.55 bits per heavy atom. The van der Waals surface area contributed by atoms with E-state index in [-0.39, 0.29) is 24.6 Å². The number of rotatable bonds is 6. The van der Waals surface area contributed by atoms with Gasteiger partial charge in [-0.2, -0.15) is 0 Å². The molecule has 104 valence electrons. The van der Waals surface area contributed by atoms with Crippen molar-refractivity contribution in [2.45, 2.75) is 13.0 Å². The molecule has 20 heavy (non-hydrogen) atoms. The average Bonchev–Trinajstić information content (AvgIpc) is 2.41. The van der Waals surface area contributed by atoms with Crippen LogP contribution in [0.5, 0.6) is 0 Å². The van der Waals surface area contributed by atoms with Crippen LogP contribution in [0.2, 0.25) is 0 Å². The second-order valence-corrected chi connectivity index (χ2v) is 5.38. The molecule has 2 aromatic rings. The van der Waals surface area contributed by atoms with E-state index in [1.807, 2.05) is 24.3 Å². The van der Waals surface area contributed by atoms with Crippen molar-refractivity contribution in [1.82, 2.24) is 0 Å². The van der Waals surface area contributed by atoms with Crippen LogP contribution < -0.4 is 0 Å². The van der Waals surface area contributed by atoms with Gasteiger partial charge in [-0.3, -0.25) is 4.79 Å². The summed E-state index contributed by atoms with van der Waals surface area (Å²) in [5, 5.41) is 0. The zero-order valence-corrected chi connectivity index (χ0v) is 12.4. The molecule has 0 aliphatic heterocycles. The predicted molar refractivity (Wildman–Crippen MR) is 78.9 cm³/mol. The highest BCUT2D eigenvalue weighted by Gasteiger charge is 2.04. The van der Waals surface area contributed by atoms with Crippen LogP contribution in [-0.2, 0) is 22.6 Å². The van der Waals surface area contributed by atoms with Crippen molar-refractivity contribution in [3.63, 3.8) is 0 Å². The zero-order chi connectivity index (χ0) is 14.4. The minimum atomic E-state index is -0.299. The lowest BCUT2D eigenvalue weighted by Crippen LogP contribution is -2.11. The van der Waals surface area contributed by atoms with E-state index >= 15 is 0 Å². The normalized spacial score (nSPS) is 10.5. The van der Waals surface area contributed by atoms with Gasteiger partial charge in [-0.15, -0.1) is 0 Å². The van der Waals surface area contributed by atoms with Crippen molar-refractivity contribution >= 4 is 21.7 Å². The second-order valence-electron chi connectivity index (χ2n) is 4.46. The Bertz CT molecular complexity index is 581. The van der Waals surface area contributed by atoms with Gasteiger partial charge in [-0.05, 0) is 35.4 Å². The van der Waals surface area contributed by atoms with Crippen LogP contribution in [0.25, 0.3) is 0 Å². The number of hydrogen-bond acceptors (Lipinski definition) is 2. The monoisotopic (exact) mass is 336 g/mol. The van der Waals surface area contributed by atoms with Crippen molar-refractivity contribution in [3.05, 3.63) is 69.9 Å². The first-order chi connectivity index (χ1) is 9.63. The van der Waals surface area contributed by atoms with Crippen LogP contribution in [0.3, 0.4) is 0 Å². The molecule has 4 heteroatoms. The van der Waals surface area contributed by atoms with E-state index in [9.17, 15) is 9.18 Å². The van der Waals surface area contributed by atoms with Crippen molar-refractivity contribution < 1.29 is 13.9 Å². The van der Waals surface area contributed by atoms with E-state index in [2.05, 4.69) is 15.9 Å². The van der Waals surface area contributed by atoms with Gasteiger partial charge in [-0.25, -0.2) is 4.39 Å². The highest BCUT2D eigenvalue weighted by molar-refractivity contribution is 9.10. The van der Waals surface area contributed by atoms with Crippen molar-refractivity contribution in [3.8, 4) is 0 Å². The highest BCUT2D eigenvalue weighted by Crippen LogP contribution is 2.12. The Morgan fingerprint density at radius 2 is 1.85 bits per heavy atom. The van der Waals surface area contributed by atoms with E-state index in [1.54, 1.807) is 12.1 Å². The van der Waals surface area contributed by atoms with Gasteiger partial charge in [0.25, 0.3) is 0 Å². The second kappa shape index (κ2) is 7.31. The summed E-state index contributed by atoms with van der Waals surface area (Å²) in [5.74, 6) is -0.321. The average molecular weight is 337 g/mol. The Morgan fingerprint density at radius 1 is 1.10 bits per heavy atom. The summed E-state index contributed by atoms with van der Waals surface area (Å²) in [6.45, 7) is 0.457. The van der Waals surface area contributed by atoms with Crippen LogP contribution >= 0.6 is 15.9 Å². The molecule has 0 heterocycles. The fourth-order valence-electron chi connectivity index (χ4n) is 1.79. The molecule has 2 nitrogen and oxygen atoms in total. The van der Waals surface area contributed by atoms with Crippen LogP contribution in [0, 0.1) is 5.82 Å². The van der Waals surface area contributed by atoms with Crippen LogP contribution in [0.1, 0.15) is 11.1 Å². The molecule has 0 atom stereocenters. The predicted octanol–water partition coefficient (Wildman–Crippen LogP) is 3.92. The van der Waals surface area contributed by atoms with E-state index in [0.717, 1.165) is 15.6 Å². The van der Waals surface area contributed by atoms with E-state index < -0.39 is 0 Å². The fraction of sp³-hybridized carbons (Fsp3) is 0.188. The molecule has 0 fully saturated rings. The number of benzene rings is 2. The van der Waals surface area contributed by atoms with Gasteiger partial charge in [0.15, 0.2) is 5.78 Å². The minimum absolute atomic E-state index is 0.0217. The van der Waals surface area contributed by atoms with E-state index in [1.165, 1.54) is 12.1 Å². The van der Waals surface area contributed by atoms with E-state index in [4.69, 9.17) is 4.74 Å². The molecule has 2 rings (SSSR count). The maximum absolute atomic E-state index is 12.7. The molecule has 0 aromatic heterocycles. The molecule has 0 bridgehead atoms. The number of ketones is 1. The van der Waals surface area contributed by atoms with Crippen molar-refractivity contribution in [2.75, 3.05) is 6.61 Å². The Kier molecular flexibility index (Phi) is 5.44. The number of Topliss-reactive ketones (excluding diaryl/α,β-unsaturated/α-hetero) is 1. The number of ether oxygens (including phenoxy) is 1. The standard InChI is InChI=1S/C16H14BrFO2/c17-14-3-1-2-13(8-14)10-20-11-16(19)9-12-4-6-15(18)7-5-12/h1-8H,9-11H2. The van der Waals surface area contributed by atoms with Gasteiger partial charge in [0.2, 0.25) is 0 Å². The van der Waals surface area contributed by atoms with Gasteiger partial charge >= 0.3 is 0 Å². The van der Waals surface area contributed by atoms with Crippen molar-refractivity contribution in [2.24, 2.45) is 0 Å². The maximum Gasteiger partial charge on any atom is 0.162 e. The summed E-state index contributed by atoms with van der Waals surface area (Å²) in [6, 6.07) is 13.7. The van der Waals surface area contributed by atoms with Gasteiger partial charge in [0.1, 0.15) is 12.4 Å². The summed E-state index contributed by atoms with van der Waals surface area (Å²) in [7, 11) is 0. The lowest BCUT2D eigenvalue weighted by molar-refractivity contribution is -0.123. The first-order valence-electron chi connectivity index (χ1n) is 6.22. The minimum Gasteiger partial charge on any atom is -0.369 e. The summed E-state index contributed by atoms with van der Waals surface area (Å²) in [6.07, 6.45) is 0.263. The number of hydrogen-bond donors (Lipinski definition) is 0. The van der Waals surface area contributed by atoms with Gasteiger partial charge in [0.05, 0.1) is 6.61 Å². The number of carbonyl (C=O) groups excluding carboxylic acids is 1. The lowest BCUT2D eigenvalue weighted by Gasteiger charge is -2.05. The first kappa shape index (κ1) is 14.9. The van der Waals surface area contributed by atoms with Crippen LogP contribution in [0.15, 0.2) is 53.0 Å². The molecule has 0 radical (unpaired) electrons. The van der Waals surface area contributed by atoms with Gasteiger partial charge < -0.3 is 4.74 Å². The molecule has 0 saturated carbocycles.